The van der Waals surface area contributed by atoms with Crippen LogP contribution in [0.1, 0.15) is 0 Å². The minimum Gasteiger partial charge on any atom is -0.456 e. The van der Waals surface area contributed by atoms with E-state index in [1.54, 1.807) is 0 Å². The van der Waals surface area contributed by atoms with E-state index in [1.807, 2.05) is 6.07 Å². The molecule has 1 heteroatoms. The molecule has 0 N–H and O–H groups in total. The van der Waals surface area contributed by atoms with Gasteiger partial charge in [-0.2, -0.15) is 0 Å². The zero-order chi connectivity index (χ0) is 42.3. The van der Waals surface area contributed by atoms with Gasteiger partial charge in [-0.15, -0.1) is 0 Å². The number of hydrogen-bond donors (Lipinski definition) is 0. The molecule has 0 aliphatic heterocycles. The molecule has 0 unspecified atom stereocenters. The molecule has 0 saturated heterocycles. The van der Waals surface area contributed by atoms with Gasteiger partial charge in [-0.3, -0.25) is 0 Å². The zero-order valence-electron chi connectivity index (χ0n) is 35.2. The van der Waals surface area contributed by atoms with Crippen molar-refractivity contribution in [1.29, 1.82) is 0 Å². The first kappa shape index (κ1) is 35.0. The highest BCUT2D eigenvalue weighted by Gasteiger charge is 2.23. The molecular weight excluding hydrogens is 785 g/mol. The van der Waals surface area contributed by atoms with Gasteiger partial charge in [0.1, 0.15) is 11.2 Å². The molecule has 1 heterocycles. The maximum absolute atomic E-state index is 6.35. The highest BCUT2D eigenvalue weighted by atomic mass is 16.3. The normalized spacial score (nSPS) is 12.3. The van der Waals surface area contributed by atoms with Crippen molar-refractivity contribution in [2.24, 2.45) is 0 Å². The highest BCUT2D eigenvalue weighted by Crippen LogP contribution is 2.50. The van der Waals surface area contributed by atoms with Crippen LogP contribution in [-0.2, 0) is 0 Å². The molecule has 1 nitrogen and oxygen atoms in total. The van der Waals surface area contributed by atoms with E-state index in [-0.39, 0.29) is 0 Å². The Labute approximate surface area is 373 Å². The average molecular weight is 821 g/mol. The van der Waals surface area contributed by atoms with E-state index in [4.69, 9.17) is 4.42 Å². The molecular formula is C64H36O. The lowest BCUT2D eigenvalue weighted by atomic mass is 9.81. The molecule has 0 atom stereocenters. The summed E-state index contributed by atoms with van der Waals surface area (Å²) in [6, 6.07) is 81.6. The summed E-state index contributed by atoms with van der Waals surface area (Å²) in [5, 5.41) is 22.6. The lowest BCUT2D eigenvalue weighted by Crippen LogP contribution is -1.95. The number of hydrogen-bond acceptors (Lipinski definition) is 1. The molecule has 0 saturated carbocycles. The molecule has 15 rings (SSSR count). The number of benzene rings is 14. The van der Waals surface area contributed by atoms with Crippen LogP contribution in [0.25, 0.3) is 153 Å². The van der Waals surface area contributed by atoms with Crippen LogP contribution in [0.4, 0.5) is 0 Å². The summed E-state index contributed by atoms with van der Waals surface area (Å²) in [6.07, 6.45) is 0. The third-order valence-corrected chi connectivity index (χ3v) is 14.5. The largest absolute Gasteiger partial charge is 0.456 e. The second-order valence-electron chi connectivity index (χ2n) is 17.9. The van der Waals surface area contributed by atoms with Gasteiger partial charge in [-0.25, -0.2) is 0 Å². The highest BCUT2D eigenvalue weighted by molar-refractivity contribution is 6.28. The van der Waals surface area contributed by atoms with Gasteiger partial charge >= 0.3 is 0 Å². The van der Waals surface area contributed by atoms with Crippen LogP contribution in [0.5, 0.6) is 0 Å². The minimum atomic E-state index is 0.901. The second kappa shape index (κ2) is 13.0. The van der Waals surface area contributed by atoms with Crippen molar-refractivity contribution in [3.05, 3.63) is 218 Å². The molecule has 0 radical (unpaired) electrons. The van der Waals surface area contributed by atoms with E-state index in [1.165, 1.54) is 131 Å². The van der Waals surface area contributed by atoms with Crippen molar-refractivity contribution in [1.82, 2.24) is 0 Å². The standard InChI is InChI=1S/C64H36O/c1-2-14-46-43(9-1)33-45(35-55(46)48-28-23-41-21-19-37-10-7-12-39-25-30-52(48)63(41)60(37)39)62-51-17-4-3-15-47(51)54(44-27-32-59-56(34-44)50-16-5-6-18-58(50)65-59)36-57(62)49-29-24-42-22-20-38-11-8-13-40-26-31-53(49)64(42)61(38)40/h1-36H. The summed E-state index contributed by atoms with van der Waals surface area (Å²) in [4.78, 5) is 0. The van der Waals surface area contributed by atoms with E-state index >= 15 is 0 Å². The summed E-state index contributed by atoms with van der Waals surface area (Å²) in [5.41, 5.74) is 11.5. The first-order valence-electron chi connectivity index (χ1n) is 22.6. The molecule has 1 aromatic heterocycles. The van der Waals surface area contributed by atoms with Crippen LogP contribution in [0.15, 0.2) is 223 Å². The fraction of sp³-hybridized carbons (Fsp3) is 0. The Morgan fingerprint density at radius 2 is 0.723 bits per heavy atom. The Kier molecular flexibility index (Phi) is 7.01. The first-order valence-corrected chi connectivity index (χ1v) is 22.6. The molecule has 65 heavy (non-hydrogen) atoms. The van der Waals surface area contributed by atoms with Crippen LogP contribution in [0.3, 0.4) is 0 Å². The maximum Gasteiger partial charge on any atom is 0.135 e. The molecule has 0 aliphatic carbocycles. The van der Waals surface area contributed by atoms with Crippen LogP contribution in [0, 0.1) is 0 Å². The van der Waals surface area contributed by atoms with Crippen molar-refractivity contribution in [2.45, 2.75) is 0 Å². The number of para-hydroxylation sites is 1. The number of fused-ring (bicyclic) bond motifs is 5. The van der Waals surface area contributed by atoms with Gasteiger partial charge in [0.2, 0.25) is 0 Å². The zero-order valence-corrected chi connectivity index (χ0v) is 35.2. The number of furan rings is 1. The van der Waals surface area contributed by atoms with Crippen LogP contribution >= 0.6 is 0 Å². The Hall–Kier alpha value is -8.52. The summed E-state index contributed by atoms with van der Waals surface area (Å²) >= 11 is 0. The molecule has 14 aromatic carbocycles. The van der Waals surface area contributed by atoms with Gasteiger partial charge in [-0.1, -0.05) is 182 Å². The Balaban J connectivity index is 1.07. The monoisotopic (exact) mass is 820 g/mol. The summed E-state index contributed by atoms with van der Waals surface area (Å²) in [5.74, 6) is 0. The van der Waals surface area contributed by atoms with Crippen molar-refractivity contribution >= 4 is 108 Å². The molecule has 0 aliphatic rings. The van der Waals surface area contributed by atoms with Crippen molar-refractivity contribution in [3.63, 3.8) is 0 Å². The smallest absolute Gasteiger partial charge is 0.135 e. The molecule has 15 aromatic rings. The SMILES string of the molecule is c1ccc2c(-c3ccc4ccc5cccc6ccc3c4c56)cc(-c3c(-c4ccc5ccc6cccc7ccc4c5c67)cc(-c4ccc5oc6ccccc6c5c4)c4ccccc34)cc2c1. The summed E-state index contributed by atoms with van der Waals surface area (Å²) in [7, 11) is 0. The average Bonchev–Trinajstić information content (AvgIpc) is 3.74. The van der Waals surface area contributed by atoms with Crippen molar-refractivity contribution in [2.75, 3.05) is 0 Å². The third-order valence-electron chi connectivity index (χ3n) is 14.5. The van der Waals surface area contributed by atoms with Gasteiger partial charge in [0.05, 0.1) is 0 Å². The predicted molar refractivity (Wildman–Crippen MR) is 278 cm³/mol. The van der Waals surface area contributed by atoms with Gasteiger partial charge < -0.3 is 4.42 Å². The number of rotatable bonds is 4. The second-order valence-corrected chi connectivity index (χ2v) is 17.9. The Morgan fingerprint density at radius 1 is 0.215 bits per heavy atom. The van der Waals surface area contributed by atoms with Crippen molar-refractivity contribution < 1.29 is 4.42 Å². The molecule has 298 valence electrons. The molecule has 0 fully saturated rings. The summed E-state index contributed by atoms with van der Waals surface area (Å²) < 4.78 is 6.35. The fourth-order valence-corrected chi connectivity index (χ4v) is 11.6. The molecule has 0 amide bonds. The Morgan fingerprint density at radius 3 is 1.40 bits per heavy atom. The Bertz CT molecular complexity index is 4440. The topological polar surface area (TPSA) is 13.1 Å². The lowest BCUT2D eigenvalue weighted by Gasteiger charge is -2.22. The van der Waals surface area contributed by atoms with E-state index in [0.29, 0.717) is 0 Å². The first-order chi connectivity index (χ1) is 32.2. The quantitative estimate of drug-likeness (QED) is 0.161. The predicted octanol–water partition coefficient (Wildman–Crippen LogP) is 18.4. The lowest BCUT2D eigenvalue weighted by molar-refractivity contribution is 0.669. The van der Waals surface area contributed by atoms with Gasteiger partial charge in [0.25, 0.3) is 0 Å². The fourth-order valence-electron chi connectivity index (χ4n) is 11.6. The van der Waals surface area contributed by atoms with Crippen LogP contribution in [0.2, 0.25) is 0 Å². The van der Waals surface area contributed by atoms with Gasteiger partial charge in [-0.05, 0) is 167 Å². The van der Waals surface area contributed by atoms with Gasteiger partial charge in [0, 0.05) is 10.8 Å². The van der Waals surface area contributed by atoms with E-state index < -0.39 is 0 Å². The van der Waals surface area contributed by atoms with Crippen LogP contribution < -0.4 is 0 Å². The van der Waals surface area contributed by atoms with E-state index in [2.05, 4.69) is 212 Å². The molecule has 0 bridgehead atoms. The van der Waals surface area contributed by atoms with E-state index in [0.717, 1.165) is 21.9 Å². The van der Waals surface area contributed by atoms with Crippen LogP contribution in [-0.4, -0.2) is 0 Å². The molecule has 0 spiro atoms. The minimum absolute atomic E-state index is 0.901. The van der Waals surface area contributed by atoms with Crippen molar-refractivity contribution in [3.8, 4) is 44.5 Å². The van der Waals surface area contributed by atoms with Gasteiger partial charge in [0.15, 0.2) is 0 Å². The maximum atomic E-state index is 6.35. The third kappa shape index (κ3) is 4.93. The summed E-state index contributed by atoms with van der Waals surface area (Å²) in [6.45, 7) is 0. The van der Waals surface area contributed by atoms with E-state index in [9.17, 15) is 0 Å².